The molecule has 0 atom stereocenters. The lowest BCUT2D eigenvalue weighted by molar-refractivity contribution is 0.101. The van der Waals surface area contributed by atoms with Crippen LogP contribution in [0.3, 0.4) is 0 Å². The van der Waals surface area contributed by atoms with Crippen LogP contribution in [0.15, 0.2) is 57.8 Å². The van der Waals surface area contributed by atoms with Crippen molar-refractivity contribution < 1.29 is 9.32 Å². The minimum absolute atomic E-state index is 0.0426. The smallest absolute Gasteiger partial charge is 0.319 e. The molecule has 0 aliphatic heterocycles. The van der Waals surface area contributed by atoms with E-state index in [1.165, 1.54) is 0 Å². The number of aromatic nitrogens is 5. The number of fused-ring (bicyclic) bond motifs is 1. The third-order valence-electron chi connectivity index (χ3n) is 3.40. The Bertz CT molecular complexity index is 1130. The van der Waals surface area contributed by atoms with E-state index in [-0.39, 0.29) is 11.6 Å². The number of carbonyl (C=O) groups excluding carboxylic acids is 1. The Balaban J connectivity index is 1.60. The van der Waals surface area contributed by atoms with Crippen molar-refractivity contribution in [1.82, 2.24) is 25.3 Å². The van der Waals surface area contributed by atoms with Gasteiger partial charge in [0.05, 0.1) is 5.52 Å². The predicted molar refractivity (Wildman–Crippen MR) is 87.8 cm³/mol. The zero-order valence-corrected chi connectivity index (χ0v) is 12.6. The number of H-pyrrole nitrogens is 1. The van der Waals surface area contributed by atoms with Crippen molar-refractivity contribution in [2.75, 3.05) is 5.32 Å². The van der Waals surface area contributed by atoms with Crippen molar-refractivity contribution in [3.8, 4) is 11.4 Å². The molecule has 4 aromatic rings. The number of anilines is 1. The molecule has 0 bridgehead atoms. The third-order valence-corrected chi connectivity index (χ3v) is 3.40. The Morgan fingerprint density at radius 3 is 2.68 bits per heavy atom. The number of amides is 1. The molecule has 4 rings (SSSR count). The maximum atomic E-state index is 12.3. The van der Waals surface area contributed by atoms with E-state index in [9.17, 15) is 9.59 Å². The maximum absolute atomic E-state index is 12.3. The van der Waals surface area contributed by atoms with Gasteiger partial charge in [0.1, 0.15) is 5.52 Å². The lowest BCUT2D eigenvalue weighted by Gasteiger charge is -2.05. The van der Waals surface area contributed by atoms with Gasteiger partial charge in [0.25, 0.3) is 5.91 Å². The molecule has 25 heavy (non-hydrogen) atoms. The lowest BCUT2D eigenvalue weighted by Crippen LogP contribution is -2.16. The molecule has 0 saturated heterocycles. The fourth-order valence-corrected chi connectivity index (χ4v) is 2.26. The number of rotatable bonds is 3. The molecule has 2 aromatic carbocycles. The molecule has 0 aliphatic rings. The van der Waals surface area contributed by atoms with Crippen LogP contribution in [0.2, 0.25) is 0 Å². The average Bonchev–Trinajstić information content (AvgIpc) is 3.08. The van der Waals surface area contributed by atoms with E-state index >= 15 is 0 Å². The van der Waals surface area contributed by atoms with Crippen molar-refractivity contribution in [2.45, 2.75) is 0 Å². The van der Waals surface area contributed by atoms with Crippen LogP contribution in [-0.4, -0.2) is 31.2 Å². The molecule has 9 heteroatoms. The van der Waals surface area contributed by atoms with Crippen LogP contribution in [0.4, 0.5) is 5.69 Å². The van der Waals surface area contributed by atoms with Crippen molar-refractivity contribution in [2.24, 2.45) is 0 Å². The minimum atomic E-state index is -0.653. The van der Waals surface area contributed by atoms with Crippen LogP contribution in [0, 0.1) is 0 Å². The van der Waals surface area contributed by atoms with E-state index in [4.69, 9.17) is 0 Å². The van der Waals surface area contributed by atoms with Gasteiger partial charge in [-0.3, -0.25) is 14.3 Å². The van der Waals surface area contributed by atoms with Crippen LogP contribution in [-0.2, 0) is 0 Å². The summed E-state index contributed by atoms with van der Waals surface area (Å²) in [5.41, 5.74) is 2.26. The molecule has 0 unspecified atom stereocenters. The Hall–Kier alpha value is -3.88. The second-order valence-corrected chi connectivity index (χ2v) is 5.10. The average molecular weight is 334 g/mol. The summed E-state index contributed by atoms with van der Waals surface area (Å²) in [6.45, 7) is 0. The van der Waals surface area contributed by atoms with Crippen LogP contribution in [0.25, 0.3) is 22.4 Å². The number of hydrogen-bond donors (Lipinski definition) is 2. The second-order valence-electron chi connectivity index (χ2n) is 5.10. The maximum Gasteiger partial charge on any atom is 0.439 e. The predicted octanol–water partition coefficient (Wildman–Crippen LogP) is 1.62. The van der Waals surface area contributed by atoms with Crippen molar-refractivity contribution in [3.63, 3.8) is 0 Å². The van der Waals surface area contributed by atoms with E-state index in [1.54, 1.807) is 42.5 Å². The molecule has 2 heterocycles. The largest absolute Gasteiger partial charge is 0.439 e. The van der Waals surface area contributed by atoms with Crippen LogP contribution < -0.4 is 11.1 Å². The summed E-state index contributed by atoms with van der Waals surface area (Å²) in [7, 11) is 0. The van der Waals surface area contributed by atoms with Gasteiger partial charge in [0, 0.05) is 11.3 Å². The molecule has 9 nitrogen and oxygen atoms in total. The highest BCUT2D eigenvalue weighted by atomic mass is 16.5. The van der Waals surface area contributed by atoms with E-state index in [0.717, 1.165) is 0 Å². The first-order valence-electron chi connectivity index (χ1n) is 7.26. The van der Waals surface area contributed by atoms with Crippen molar-refractivity contribution >= 4 is 22.6 Å². The molecule has 0 spiro atoms. The number of nitrogens with zero attached hydrogens (tertiary/aromatic N) is 4. The minimum Gasteiger partial charge on any atom is -0.319 e. The molecular weight excluding hydrogens is 324 g/mol. The number of hydrogen-bond acceptors (Lipinski definition) is 7. The fourth-order valence-electron chi connectivity index (χ4n) is 2.26. The van der Waals surface area contributed by atoms with Crippen LogP contribution >= 0.6 is 0 Å². The summed E-state index contributed by atoms with van der Waals surface area (Å²) in [6, 6.07) is 13.9. The molecule has 0 aliphatic carbocycles. The number of aromatic amines is 1. The van der Waals surface area contributed by atoms with Gasteiger partial charge in [-0.2, -0.15) is 0 Å². The van der Waals surface area contributed by atoms with E-state index in [0.29, 0.717) is 22.3 Å². The summed E-state index contributed by atoms with van der Waals surface area (Å²) in [6.07, 6.45) is 0. The zero-order chi connectivity index (χ0) is 17.2. The highest BCUT2D eigenvalue weighted by molar-refractivity contribution is 6.02. The number of nitrogens with one attached hydrogen (secondary N) is 2. The summed E-state index contributed by atoms with van der Waals surface area (Å²) in [4.78, 5) is 30.0. The van der Waals surface area contributed by atoms with Gasteiger partial charge >= 0.3 is 5.76 Å². The molecule has 122 valence electrons. The van der Waals surface area contributed by atoms with Crippen molar-refractivity contribution in [3.05, 3.63) is 64.9 Å². The lowest BCUT2D eigenvalue weighted by atomic mass is 10.2. The molecule has 0 saturated carbocycles. The summed E-state index contributed by atoms with van der Waals surface area (Å²) >= 11 is 0. The third kappa shape index (κ3) is 2.98. The van der Waals surface area contributed by atoms with Gasteiger partial charge in [-0.1, -0.05) is 29.4 Å². The number of carbonyl (C=O) groups is 1. The summed E-state index contributed by atoms with van der Waals surface area (Å²) in [5, 5.41) is 14.1. The second kappa shape index (κ2) is 5.96. The van der Waals surface area contributed by atoms with E-state index in [1.807, 2.05) is 6.07 Å². The van der Waals surface area contributed by atoms with E-state index < -0.39 is 11.7 Å². The SMILES string of the molecule is O=C(Nc1cccc(-c2noc(=O)[nH]2)c1)c1nnc2ccccc2n1. The van der Waals surface area contributed by atoms with Gasteiger partial charge in [0.15, 0.2) is 5.82 Å². The number of benzene rings is 2. The zero-order valence-electron chi connectivity index (χ0n) is 12.6. The van der Waals surface area contributed by atoms with Gasteiger partial charge < -0.3 is 5.32 Å². The Morgan fingerprint density at radius 1 is 1.04 bits per heavy atom. The Morgan fingerprint density at radius 2 is 1.88 bits per heavy atom. The fraction of sp³-hybridized carbons (Fsp3) is 0. The van der Waals surface area contributed by atoms with Gasteiger partial charge in [-0.15, -0.1) is 10.2 Å². The first-order valence-corrected chi connectivity index (χ1v) is 7.26. The summed E-state index contributed by atoms with van der Waals surface area (Å²) in [5.74, 6) is -0.923. The number of para-hydroxylation sites is 1. The summed E-state index contributed by atoms with van der Waals surface area (Å²) < 4.78 is 4.47. The van der Waals surface area contributed by atoms with Gasteiger partial charge in [-0.05, 0) is 24.3 Å². The molecule has 1 amide bonds. The first kappa shape index (κ1) is 14.7. The van der Waals surface area contributed by atoms with Gasteiger partial charge in [-0.25, -0.2) is 9.78 Å². The van der Waals surface area contributed by atoms with Gasteiger partial charge in [0.2, 0.25) is 5.82 Å². The molecule has 0 fully saturated rings. The van der Waals surface area contributed by atoms with Crippen LogP contribution in [0.1, 0.15) is 10.6 Å². The Kier molecular flexibility index (Phi) is 3.51. The highest BCUT2D eigenvalue weighted by Gasteiger charge is 2.12. The normalized spacial score (nSPS) is 10.7. The Labute approximate surface area is 139 Å². The molecule has 0 radical (unpaired) electrons. The molecule has 2 N–H and O–H groups in total. The van der Waals surface area contributed by atoms with Crippen molar-refractivity contribution in [1.29, 1.82) is 0 Å². The molecular formula is C16H10N6O3. The highest BCUT2D eigenvalue weighted by Crippen LogP contribution is 2.19. The topological polar surface area (TPSA) is 127 Å². The first-order chi connectivity index (χ1) is 12.2. The monoisotopic (exact) mass is 334 g/mol. The standard InChI is InChI=1S/C16H10N6O3/c23-15(14-18-11-6-1-2-7-12(11)20-21-14)17-10-5-3-4-9(8-10)13-19-16(24)25-22-13/h1-8H,(H,17,23)(H,19,22,24). The molecule has 2 aromatic heterocycles. The van der Waals surface area contributed by atoms with E-state index in [2.05, 4.69) is 35.2 Å². The quantitative estimate of drug-likeness (QED) is 0.583. The van der Waals surface area contributed by atoms with Crippen LogP contribution in [0.5, 0.6) is 0 Å².